The largest absolute Gasteiger partial charge is 0.508 e. The number of phenolic OH excluding ortho intramolecular Hbond substituents is 1. The van der Waals surface area contributed by atoms with Gasteiger partial charge in [0, 0.05) is 0 Å². The highest BCUT2D eigenvalue weighted by Crippen LogP contribution is 2.31. The van der Waals surface area contributed by atoms with E-state index in [0.29, 0.717) is 12.2 Å². The predicted molar refractivity (Wildman–Crippen MR) is 88.4 cm³/mol. The summed E-state index contributed by atoms with van der Waals surface area (Å²) in [5.74, 6) is 0.933. The molecule has 1 aromatic heterocycles. The third-order valence-electron chi connectivity index (χ3n) is 3.33. The van der Waals surface area contributed by atoms with Gasteiger partial charge in [0.15, 0.2) is 0 Å². The van der Waals surface area contributed by atoms with Gasteiger partial charge in [-0.3, -0.25) is 0 Å². The minimum atomic E-state index is 0.188. The molecule has 0 aliphatic heterocycles. The lowest BCUT2D eigenvalue weighted by molar-refractivity contribution is 0.272. The molecule has 2 aromatic carbocycles. The summed E-state index contributed by atoms with van der Waals surface area (Å²) in [6.07, 6.45) is 3.56. The summed E-state index contributed by atoms with van der Waals surface area (Å²) in [6, 6.07) is 17.0. The number of rotatable bonds is 4. The van der Waals surface area contributed by atoms with E-state index < -0.39 is 0 Å². The van der Waals surface area contributed by atoms with Crippen LogP contribution < -0.4 is 0 Å². The molecule has 0 saturated carbocycles. The van der Waals surface area contributed by atoms with E-state index in [-0.39, 0.29) is 5.75 Å². The molecule has 0 saturated heterocycles. The van der Waals surface area contributed by atoms with Crippen LogP contribution >= 0.6 is 0 Å². The van der Waals surface area contributed by atoms with Gasteiger partial charge >= 0.3 is 11.3 Å². The quantitative estimate of drug-likeness (QED) is 0.538. The first-order valence-electron chi connectivity index (χ1n) is 7.21. The number of benzene rings is 2. The van der Waals surface area contributed by atoms with Crippen LogP contribution in [0.25, 0.3) is 28.4 Å². The van der Waals surface area contributed by atoms with E-state index in [2.05, 4.69) is 0 Å². The molecule has 0 aliphatic carbocycles. The average molecular weight is 293 g/mol. The van der Waals surface area contributed by atoms with Crippen molar-refractivity contribution in [1.82, 2.24) is 0 Å². The maximum Gasteiger partial charge on any atom is 0.368 e. The smallest absolute Gasteiger partial charge is 0.368 e. The van der Waals surface area contributed by atoms with Crippen molar-refractivity contribution in [2.24, 2.45) is 0 Å². The Kier molecular flexibility index (Phi) is 4.05. The molecule has 1 heterocycles. The van der Waals surface area contributed by atoms with Crippen LogP contribution in [0.15, 0.2) is 65.3 Å². The summed E-state index contributed by atoms with van der Waals surface area (Å²) < 4.78 is 11.3. The third-order valence-corrected chi connectivity index (χ3v) is 3.33. The second kappa shape index (κ2) is 6.31. The Morgan fingerprint density at radius 1 is 1.09 bits per heavy atom. The van der Waals surface area contributed by atoms with Gasteiger partial charge in [0.1, 0.15) is 5.75 Å². The fourth-order valence-electron chi connectivity index (χ4n) is 2.29. The van der Waals surface area contributed by atoms with Gasteiger partial charge in [-0.2, -0.15) is 0 Å². The zero-order valence-electron chi connectivity index (χ0n) is 12.3. The van der Waals surface area contributed by atoms with Crippen molar-refractivity contribution in [2.45, 2.75) is 6.92 Å². The molecule has 3 heteroatoms. The van der Waals surface area contributed by atoms with Crippen molar-refractivity contribution in [3.05, 3.63) is 66.4 Å². The Balaban J connectivity index is 2.19. The van der Waals surface area contributed by atoms with Crippen LogP contribution in [0, 0.1) is 0 Å². The molecular weight excluding hydrogens is 276 g/mol. The Morgan fingerprint density at radius 3 is 2.68 bits per heavy atom. The topological polar surface area (TPSA) is 40.8 Å². The Bertz CT molecular complexity index is 808. The standard InChI is InChI=1S/C19H16O3/c1-2-21-11-10-16-12-15-8-9-17(20)13-18(15)22-19(16)14-6-4-3-5-7-14/h3-13H,2H2,1H3/p+1. The zero-order valence-corrected chi connectivity index (χ0v) is 12.3. The van der Waals surface area contributed by atoms with Gasteiger partial charge in [0.05, 0.1) is 35.4 Å². The summed E-state index contributed by atoms with van der Waals surface area (Å²) in [7, 11) is 0. The number of ether oxygens (including phenoxy) is 1. The molecule has 0 fully saturated rings. The van der Waals surface area contributed by atoms with E-state index in [1.807, 2.05) is 55.5 Å². The van der Waals surface area contributed by atoms with Crippen molar-refractivity contribution in [2.75, 3.05) is 6.61 Å². The first kappa shape index (κ1) is 14.1. The highest BCUT2D eigenvalue weighted by atomic mass is 16.5. The molecule has 0 aliphatic rings. The molecule has 3 rings (SSSR count). The Hall–Kier alpha value is -2.81. The van der Waals surface area contributed by atoms with Gasteiger partial charge in [0.25, 0.3) is 0 Å². The van der Waals surface area contributed by atoms with Crippen LogP contribution in [0.5, 0.6) is 5.75 Å². The molecule has 3 nitrogen and oxygen atoms in total. The maximum absolute atomic E-state index is 9.64. The highest BCUT2D eigenvalue weighted by Gasteiger charge is 2.20. The maximum atomic E-state index is 9.64. The van der Waals surface area contributed by atoms with Gasteiger partial charge < -0.3 is 9.84 Å². The number of hydrogen-bond acceptors (Lipinski definition) is 2. The monoisotopic (exact) mass is 293 g/mol. The van der Waals surface area contributed by atoms with E-state index in [1.54, 1.807) is 18.4 Å². The van der Waals surface area contributed by atoms with Crippen molar-refractivity contribution < 1.29 is 14.3 Å². The normalized spacial score (nSPS) is 11.1. The van der Waals surface area contributed by atoms with E-state index in [9.17, 15) is 5.11 Å². The van der Waals surface area contributed by atoms with Crippen molar-refractivity contribution in [3.8, 4) is 17.1 Å². The second-order valence-corrected chi connectivity index (χ2v) is 4.88. The Labute approximate surface area is 129 Å². The van der Waals surface area contributed by atoms with Crippen LogP contribution in [0.1, 0.15) is 12.5 Å². The van der Waals surface area contributed by atoms with Crippen LogP contribution in [0.4, 0.5) is 0 Å². The van der Waals surface area contributed by atoms with Crippen molar-refractivity contribution in [3.63, 3.8) is 0 Å². The molecule has 0 atom stereocenters. The molecular formula is C19H17O3+. The third kappa shape index (κ3) is 2.93. The number of hydrogen-bond donors (Lipinski definition) is 1. The molecule has 0 bridgehead atoms. The first-order valence-corrected chi connectivity index (χ1v) is 7.21. The fourth-order valence-corrected chi connectivity index (χ4v) is 2.29. The highest BCUT2D eigenvalue weighted by molar-refractivity contribution is 5.84. The summed E-state index contributed by atoms with van der Waals surface area (Å²) in [4.78, 5) is 0. The lowest BCUT2D eigenvalue weighted by Gasteiger charge is -1.99. The lowest BCUT2D eigenvalue weighted by Crippen LogP contribution is -1.86. The molecule has 3 aromatic rings. The summed E-state index contributed by atoms with van der Waals surface area (Å²) in [5.41, 5.74) is 2.55. The van der Waals surface area contributed by atoms with Gasteiger partial charge in [-0.05, 0) is 43.3 Å². The molecule has 0 amide bonds. The van der Waals surface area contributed by atoms with E-state index in [0.717, 1.165) is 22.3 Å². The lowest BCUT2D eigenvalue weighted by atomic mass is 10.1. The van der Waals surface area contributed by atoms with Crippen LogP contribution in [0.3, 0.4) is 0 Å². The molecule has 110 valence electrons. The minimum Gasteiger partial charge on any atom is -0.508 e. The van der Waals surface area contributed by atoms with Gasteiger partial charge in [-0.1, -0.05) is 18.2 Å². The summed E-state index contributed by atoms with van der Waals surface area (Å²) in [5, 5.41) is 10.6. The molecule has 1 N–H and O–H groups in total. The van der Waals surface area contributed by atoms with Crippen LogP contribution in [-0.4, -0.2) is 11.7 Å². The molecule has 0 spiro atoms. The van der Waals surface area contributed by atoms with E-state index in [1.165, 1.54) is 0 Å². The second-order valence-electron chi connectivity index (χ2n) is 4.88. The molecule has 0 radical (unpaired) electrons. The fraction of sp³-hybridized carbons (Fsp3) is 0.105. The van der Waals surface area contributed by atoms with E-state index >= 15 is 0 Å². The number of phenols is 1. The Morgan fingerprint density at radius 2 is 1.91 bits per heavy atom. The van der Waals surface area contributed by atoms with Crippen LogP contribution in [0.2, 0.25) is 0 Å². The van der Waals surface area contributed by atoms with E-state index in [4.69, 9.17) is 9.15 Å². The van der Waals surface area contributed by atoms with Gasteiger partial charge in [-0.25, -0.2) is 4.42 Å². The van der Waals surface area contributed by atoms with Gasteiger partial charge in [-0.15, -0.1) is 0 Å². The summed E-state index contributed by atoms with van der Waals surface area (Å²) >= 11 is 0. The SMILES string of the molecule is CCOC=Cc1cc2ccc(O)cc2[o+]c1-c1ccccc1. The number of fused-ring (bicyclic) bond motifs is 1. The molecule has 0 unspecified atom stereocenters. The minimum absolute atomic E-state index is 0.188. The van der Waals surface area contributed by atoms with Crippen LogP contribution in [-0.2, 0) is 4.74 Å². The van der Waals surface area contributed by atoms with Crippen molar-refractivity contribution in [1.29, 1.82) is 0 Å². The number of aromatic hydroxyl groups is 1. The van der Waals surface area contributed by atoms with Crippen molar-refractivity contribution >= 4 is 17.0 Å². The molecule has 22 heavy (non-hydrogen) atoms. The zero-order chi connectivity index (χ0) is 15.4. The van der Waals surface area contributed by atoms with Gasteiger partial charge in [0.2, 0.25) is 0 Å². The predicted octanol–water partition coefficient (Wildman–Crippen LogP) is 5.09. The first-order chi connectivity index (χ1) is 10.8. The summed E-state index contributed by atoms with van der Waals surface area (Å²) in [6.45, 7) is 2.56. The average Bonchev–Trinajstić information content (AvgIpc) is 2.55.